The zero-order valence-electron chi connectivity index (χ0n) is 66.4. The van der Waals surface area contributed by atoms with E-state index in [-0.39, 0.29) is 0 Å². The van der Waals surface area contributed by atoms with Crippen LogP contribution in [0.15, 0.2) is 449 Å². The summed E-state index contributed by atoms with van der Waals surface area (Å²) in [7, 11) is 0. The lowest BCUT2D eigenvalue weighted by Crippen LogP contribution is -1.91. The number of nitrogens with one attached hydrogen (secondary N) is 3. The van der Waals surface area contributed by atoms with Gasteiger partial charge in [0.05, 0.1) is 0 Å². The van der Waals surface area contributed by atoms with Crippen molar-refractivity contribution in [1.82, 2.24) is 0 Å². The Morgan fingerprint density at radius 1 is 0.139 bits per heavy atom. The lowest BCUT2D eigenvalue weighted by atomic mass is 9.94. The second-order valence-corrected chi connectivity index (χ2v) is 34.4. The van der Waals surface area contributed by atoms with Gasteiger partial charge in [0.15, 0.2) is 0 Å². The Kier molecular flexibility index (Phi) is 19.3. The van der Waals surface area contributed by atoms with Gasteiger partial charge in [-0.25, -0.2) is 0 Å². The molecule has 24 rings (SSSR count). The molecular weight excluding hydrogens is 1530 g/mol. The molecule has 0 spiro atoms. The fraction of sp³-hybridized carbons (Fsp3) is 0. The zero-order chi connectivity index (χ0) is 80.8. The number of fused-ring (bicyclic) bond motifs is 17. The molecule has 0 amide bonds. The molecule has 0 unspecified atom stereocenters. The minimum atomic E-state index is 1.07. The standard InChI is InChI=1S/C42H27NS.C40H27NS.C34H23NS/c1-2-8-27(9-3-1)28-14-15-31-24-35(20-18-29(31)22-28)43-36-21-19-30-23-34(17-16-32(30)25-36)39-26-33-10-4-5-11-37(33)41-38-12-6-7-13-40(38)44-42(39)41;1-2-10-27(11-3-1)30-14-9-16-34(25-30)41-33-22-20-28(21-23-33)29-13-8-15-31(24-29)37-26-32-12-4-5-17-35(32)39-36-18-6-7-19-38(36)42-40(37)39;1-2-8-23(9-3-1)24-14-18-27(19-15-24)35-28-20-16-25(17-21-28)31-22-26-10-4-5-11-29(26)33-30-12-6-7-13-32(30)36-34(31)33/h1-26,43H;1-26,41H;1-22,35H. The summed E-state index contributed by atoms with van der Waals surface area (Å²) in [4.78, 5) is 0. The van der Waals surface area contributed by atoms with E-state index in [1.165, 1.54) is 192 Å². The molecule has 0 bridgehead atoms. The maximum Gasteiger partial charge on any atom is 0.0440 e. The third-order valence-electron chi connectivity index (χ3n) is 23.6. The Balaban J connectivity index is 0.000000110. The van der Waals surface area contributed by atoms with Crippen LogP contribution < -0.4 is 16.0 Å². The van der Waals surface area contributed by atoms with Gasteiger partial charge in [0.25, 0.3) is 0 Å². The van der Waals surface area contributed by atoms with Crippen molar-refractivity contribution < 1.29 is 0 Å². The van der Waals surface area contributed by atoms with Crippen LogP contribution in [0, 0.1) is 0 Å². The number of hydrogen-bond donors (Lipinski definition) is 3. The summed E-state index contributed by atoms with van der Waals surface area (Å²) in [6, 6.07) is 162. The summed E-state index contributed by atoms with van der Waals surface area (Å²) in [5.41, 5.74) is 23.9. The van der Waals surface area contributed by atoms with Crippen molar-refractivity contribution in [1.29, 1.82) is 0 Å². The predicted octanol–water partition coefficient (Wildman–Crippen LogP) is 34.8. The van der Waals surface area contributed by atoms with Gasteiger partial charge in [-0.05, 0) is 242 Å². The van der Waals surface area contributed by atoms with Crippen LogP contribution in [0.3, 0.4) is 0 Å². The van der Waals surface area contributed by atoms with Crippen LogP contribution in [-0.4, -0.2) is 0 Å². The second-order valence-electron chi connectivity index (χ2n) is 31.3. The van der Waals surface area contributed by atoms with E-state index in [1.54, 1.807) is 0 Å². The molecule has 3 heterocycles. The highest BCUT2D eigenvalue weighted by Gasteiger charge is 2.20. The fourth-order valence-electron chi connectivity index (χ4n) is 17.6. The summed E-state index contributed by atoms with van der Waals surface area (Å²) in [5.74, 6) is 0. The summed E-state index contributed by atoms with van der Waals surface area (Å²) in [6.07, 6.45) is 0. The van der Waals surface area contributed by atoms with Gasteiger partial charge in [-0.3, -0.25) is 0 Å². The third kappa shape index (κ3) is 14.4. The minimum absolute atomic E-state index is 1.07. The average molecular weight is 1610 g/mol. The Morgan fingerprint density at radius 2 is 0.402 bits per heavy atom. The smallest absolute Gasteiger partial charge is 0.0440 e. The van der Waals surface area contributed by atoms with Gasteiger partial charge in [0.2, 0.25) is 0 Å². The molecule has 24 aromatic rings. The van der Waals surface area contributed by atoms with Crippen molar-refractivity contribution in [2.24, 2.45) is 0 Å². The lowest BCUT2D eigenvalue weighted by molar-refractivity contribution is 1.53. The zero-order valence-corrected chi connectivity index (χ0v) is 68.9. The van der Waals surface area contributed by atoms with E-state index in [9.17, 15) is 0 Å². The van der Waals surface area contributed by atoms with E-state index < -0.39 is 0 Å². The number of benzene rings is 21. The molecule has 0 radical (unpaired) electrons. The van der Waals surface area contributed by atoms with Crippen molar-refractivity contribution in [3.05, 3.63) is 449 Å². The molecule has 0 saturated heterocycles. The number of anilines is 6. The lowest BCUT2D eigenvalue weighted by Gasteiger charge is -2.12. The highest BCUT2D eigenvalue weighted by atomic mass is 32.1. The molecule has 0 saturated carbocycles. The van der Waals surface area contributed by atoms with E-state index in [4.69, 9.17) is 0 Å². The van der Waals surface area contributed by atoms with Gasteiger partial charge in [-0.15, -0.1) is 34.0 Å². The topological polar surface area (TPSA) is 36.1 Å². The van der Waals surface area contributed by atoms with Gasteiger partial charge in [-0.2, -0.15) is 0 Å². The number of thiophene rings is 3. The molecule has 0 aliphatic carbocycles. The Morgan fingerprint density at radius 3 is 0.861 bits per heavy atom. The molecule has 574 valence electrons. The predicted molar refractivity (Wildman–Crippen MR) is 533 cm³/mol. The van der Waals surface area contributed by atoms with Crippen LogP contribution in [-0.2, 0) is 0 Å². The van der Waals surface area contributed by atoms with Gasteiger partial charge in [-0.1, -0.05) is 322 Å². The van der Waals surface area contributed by atoms with Crippen molar-refractivity contribution in [2.75, 3.05) is 16.0 Å². The molecule has 0 aliphatic rings. The van der Waals surface area contributed by atoms with E-state index in [2.05, 4.69) is 459 Å². The molecule has 3 nitrogen and oxygen atoms in total. The van der Waals surface area contributed by atoms with Gasteiger partial charge >= 0.3 is 0 Å². The first-order valence-corrected chi connectivity index (χ1v) is 43.9. The van der Waals surface area contributed by atoms with Crippen LogP contribution in [0.4, 0.5) is 34.1 Å². The van der Waals surface area contributed by atoms with Crippen molar-refractivity contribution in [3.8, 4) is 77.9 Å². The average Bonchev–Trinajstić information content (AvgIpc) is 1.58. The highest BCUT2D eigenvalue weighted by Crippen LogP contribution is 2.49. The first kappa shape index (κ1) is 73.4. The Hall–Kier alpha value is -15.0. The quantitative estimate of drug-likeness (QED) is 0.108. The minimum Gasteiger partial charge on any atom is -0.356 e. The molecule has 3 aromatic heterocycles. The normalized spacial score (nSPS) is 11.4. The summed E-state index contributed by atoms with van der Waals surface area (Å²) < 4.78 is 8.06. The first-order chi connectivity index (χ1) is 60.4. The Bertz CT molecular complexity index is 8070. The maximum absolute atomic E-state index is 3.64. The van der Waals surface area contributed by atoms with Crippen LogP contribution in [0.25, 0.3) is 192 Å². The highest BCUT2D eigenvalue weighted by molar-refractivity contribution is 7.27. The van der Waals surface area contributed by atoms with E-state index >= 15 is 0 Å². The van der Waals surface area contributed by atoms with Crippen LogP contribution >= 0.6 is 34.0 Å². The van der Waals surface area contributed by atoms with Crippen molar-refractivity contribution in [2.45, 2.75) is 0 Å². The maximum atomic E-state index is 3.64. The molecule has 0 aliphatic heterocycles. The third-order valence-corrected chi connectivity index (χ3v) is 27.2. The van der Waals surface area contributed by atoms with Crippen molar-refractivity contribution >= 4 is 183 Å². The van der Waals surface area contributed by atoms with Crippen LogP contribution in [0.2, 0.25) is 0 Å². The molecule has 3 N–H and O–H groups in total. The molecule has 122 heavy (non-hydrogen) atoms. The second kappa shape index (κ2) is 32.0. The van der Waals surface area contributed by atoms with Gasteiger partial charge < -0.3 is 16.0 Å². The monoisotopic (exact) mass is 1610 g/mol. The summed E-state index contributed by atoms with van der Waals surface area (Å²) in [5, 5.41) is 31.6. The first-order valence-electron chi connectivity index (χ1n) is 41.5. The van der Waals surface area contributed by atoms with Crippen molar-refractivity contribution in [3.63, 3.8) is 0 Å². The molecule has 21 aromatic carbocycles. The van der Waals surface area contributed by atoms with E-state index in [1.807, 2.05) is 40.1 Å². The Labute approximate surface area is 719 Å². The molecule has 6 heteroatoms. The fourth-order valence-corrected chi connectivity index (χ4v) is 21.4. The largest absolute Gasteiger partial charge is 0.356 e. The molecular formula is C116H77N3S3. The van der Waals surface area contributed by atoms with Gasteiger partial charge in [0.1, 0.15) is 0 Å². The summed E-state index contributed by atoms with van der Waals surface area (Å²) >= 11 is 5.68. The summed E-state index contributed by atoms with van der Waals surface area (Å²) in [6.45, 7) is 0. The van der Waals surface area contributed by atoms with E-state index in [0.29, 0.717) is 0 Å². The SMILES string of the molecule is c1ccc(-c2ccc(Nc3ccc(-c4cc5ccccc5c5c4sc4ccccc45)cc3)cc2)cc1.c1ccc(-c2ccc3cc(Nc4ccc5cc(-c6cc7ccccc7c7c6sc6ccccc67)ccc5c4)ccc3c2)cc1.c1ccc(-c2cccc(Nc3ccc(-c4cccc(-c5cc6ccccc6c6c5sc5ccccc56)c4)cc3)c2)cc1. The number of hydrogen-bond acceptors (Lipinski definition) is 6. The van der Waals surface area contributed by atoms with Crippen LogP contribution in [0.1, 0.15) is 0 Å². The van der Waals surface area contributed by atoms with Gasteiger partial charge in [0, 0.05) is 111 Å². The molecule has 0 fully saturated rings. The molecule has 0 atom stereocenters. The number of rotatable bonds is 13. The van der Waals surface area contributed by atoms with Crippen LogP contribution in [0.5, 0.6) is 0 Å². The van der Waals surface area contributed by atoms with E-state index in [0.717, 1.165) is 34.1 Å².